The topological polar surface area (TPSA) is 49.8 Å². The second-order valence-corrected chi connectivity index (χ2v) is 5.22. The fourth-order valence-electron chi connectivity index (χ4n) is 1.91. The molecule has 0 bridgehead atoms. The van der Waals surface area contributed by atoms with Crippen molar-refractivity contribution in [2.75, 3.05) is 26.8 Å². The van der Waals surface area contributed by atoms with Crippen molar-refractivity contribution in [1.82, 2.24) is 4.90 Å². The van der Waals surface area contributed by atoms with Gasteiger partial charge in [-0.1, -0.05) is 0 Å². The van der Waals surface area contributed by atoms with E-state index in [4.69, 9.17) is 9.84 Å². The zero-order chi connectivity index (χ0) is 14.5. The lowest BCUT2D eigenvalue weighted by molar-refractivity contribution is 0.0766. The highest BCUT2D eigenvalue weighted by molar-refractivity contribution is 5.94. The van der Waals surface area contributed by atoms with Crippen molar-refractivity contribution < 1.29 is 19.0 Å². The summed E-state index contributed by atoms with van der Waals surface area (Å²) in [6.07, 6.45) is 2.37. The number of hydrogen-bond acceptors (Lipinski definition) is 3. The highest BCUT2D eigenvalue weighted by atomic mass is 19.1. The van der Waals surface area contributed by atoms with Crippen LogP contribution in [0.15, 0.2) is 18.2 Å². The van der Waals surface area contributed by atoms with Gasteiger partial charge in [0.25, 0.3) is 5.91 Å². The van der Waals surface area contributed by atoms with Crippen molar-refractivity contribution in [3.05, 3.63) is 35.1 Å². The van der Waals surface area contributed by atoms with Crippen LogP contribution in [0, 0.1) is 11.7 Å². The molecule has 1 amide bonds. The quantitative estimate of drug-likeness (QED) is 0.829. The van der Waals surface area contributed by atoms with Gasteiger partial charge in [0, 0.05) is 31.3 Å². The van der Waals surface area contributed by atoms with Gasteiger partial charge in [-0.25, -0.2) is 4.39 Å². The molecule has 1 N–H and O–H groups in total. The molecule has 1 aliphatic carbocycles. The second-order valence-electron chi connectivity index (χ2n) is 5.22. The fraction of sp³-hybridized carbons (Fsp3) is 0.533. The number of aliphatic hydroxyl groups is 1. The zero-order valence-electron chi connectivity index (χ0n) is 11.6. The van der Waals surface area contributed by atoms with Crippen LogP contribution in [0.1, 0.15) is 28.8 Å². The SMILES string of the molecule is CN(CCO)C(=O)c1ccc(F)c(COCC2CC2)c1. The number of amides is 1. The van der Waals surface area contributed by atoms with Crippen molar-refractivity contribution in [2.45, 2.75) is 19.4 Å². The van der Waals surface area contributed by atoms with Crippen LogP contribution in [0.4, 0.5) is 4.39 Å². The number of halogens is 1. The van der Waals surface area contributed by atoms with E-state index in [2.05, 4.69) is 0 Å². The van der Waals surface area contributed by atoms with Gasteiger partial charge >= 0.3 is 0 Å². The third-order valence-electron chi connectivity index (χ3n) is 3.38. The fourth-order valence-corrected chi connectivity index (χ4v) is 1.91. The van der Waals surface area contributed by atoms with Crippen LogP contribution in [0.2, 0.25) is 0 Å². The third kappa shape index (κ3) is 4.02. The van der Waals surface area contributed by atoms with E-state index < -0.39 is 0 Å². The average Bonchev–Trinajstić information content (AvgIpc) is 3.24. The van der Waals surface area contributed by atoms with E-state index in [9.17, 15) is 9.18 Å². The highest BCUT2D eigenvalue weighted by Crippen LogP contribution is 2.29. The molecule has 1 fully saturated rings. The van der Waals surface area contributed by atoms with Gasteiger partial charge in [-0.15, -0.1) is 0 Å². The molecule has 0 aliphatic heterocycles. The number of carbonyl (C=O) groups excluding carboxylic acids is 1. The monoisotopic (exact) mass is 281 g/mol. The van der Waals surface area contributed by atoms with Gasteiger partial charge in [-0.2, -0.15) is 0 Å². The summed E-state index contributed by atoms with van der Waals surface area (Å²) < 4.78 is 19.1. The van der Waals surface area contributed by atoms with Crippen LogP contribution in [-0.2, 0) is 11.3 Å². The first-order valence-corrected chi connectivity index (χ1v) is 6.84. The zero-order valence-corrected chi connectivity index (χ0v) is 11.6. The minimum atomic E-state index is -0.359. The molecule has 20 heavy (non-hydrogen) atoms. The van der Waals surface area contributed by atoms with Crippen LogP contribution in [0.3, 0.4) is 0 Å². The molecule has 0 radical (unpaired) electrons. The predicted octanol–water partition coefficient (Wildman–Crippen LogP) is 1.82. The highest BCUT2D eigenvalue weighted by Gasteiger charge is 2.21. The Bertz CT molecular complexity index is 474. The number of nitrogens with zero attached hydrogens (tertiary/aromatic N) is 1. The van der Waals surface area contributed by atoms with Gasteiger partial charge in [-0.3, -0.25) is 4.79 Å². The van der Waals surface area contributed by atoms with Crippen molar-refractivity contribution in [2.24, 2.45) is 5.92 Å². The Morgan fingerprint density at radius 1 is 1.50 bits per heavy atom. The lowest BCUT2D eigenvalue weighted by atomic mass is 10.1. The third-order valence-corrected chi connectivity index (χ3v) is 3.38. The molecule has 2 rings (SSSR count). The van der Waals surface area contributed by atoms with Crippen molar-refractivity contribution in [3.63, 3.8) is 0 Å². The Labute approximate surface area is 118 Å². The van der Waals surface area contributed by atoms with Crippen LogP contribution in [0.5, 0.6) is 0 Å². The van der Waals surface area contributed by atoms with E-state index in [1.54, 1.807) is 7.05 Å². The minimum absolute atomic E-state index is 0.0964. The molecule has 0 saturated heterocycles. The number of benzene rings is 1. The summed E-state index contributed by atoms with van der Waals surface area (Å²) in [6.45, 7) is 1.000. The molecule has 4 nitrogen and oxygen atoms in total. The molecule has 1 aromatic rings. The van der Waals surface area contributed by atoms with E-state index in [0.29, 0.717) is 23.7 Å². The Morgan fingerprint density at radius 2 is 2.25 bits per heavy atom. The lowest BCUT2D eigenvalue weighted by Gasteiger charge is -2.16. The Hall–Kier alpha value is -1.46. The molecular weight excluding hydrogens is 261 g/mol. The van der Waals surface area contributed by atoms with E-state index in [1.807, 2.05) is 0 Å². The van der Waals surface area contributed by atoms with Crippen LogP contribution < -0.4 is 0 Å². The molecule has 1 aromatic carbocycles. The first-order chi connectivity index (χ1) is 9.61. The Balaban J connectivity index is 2.00. The smallest absolute Gasteiger partial charge is 0.253 e. The molecule has 0 heterocycles. The molecule has 5 heteroatoms. The summed E-state index contributed by atoms with van der Waals surface area (Å²) in [7, 11) is 1.60. The number of rotatable bonds is 7. The van der Waals surface area contributed by atoms with Crippen LogP contribution >= 0.6 is 0 Å². The van der Waals surface area contributed by atoms with Crippen LogP contribution in [-0.4, -0.2) is 42.7 Å². The Kier molecular flexibility index (Phi) is 5.09. The molecule has 0 aromatic heterocycles. The number of ether oxygens (including phenoxy) is 1. The van der Waals surface area contributed by atoms with E-state index in [-0.39, 0.29) is 31.5 Å². The van der Waals surface area contributed by atoms with Gasteiger partial charge < -0.3 is 14.7 Å². The summed E-state index contributed by atoms with van der Waals surface area (Å²) in [5, 5.41) is 8.83. The maximum Gasteiger partial charge on any atom is 0.253 e. The van der Waals surface area contributed by atoms with Crippen LogP contribution in [0.25, 0.3) is 0 Å². The normalized spacial score (nSPS) is 14.3. The van der Waals surface area contributed by atoms with Crippen molar-refractivity contribution >= 4 is 5.91 Å². The standard InChI is InChI=1S/C15H20FNO3/c1-17(6-7-18)15(19)12-4-5-14(16)13(8-12)10-20-9-11-2-3-11/h4-5,8,11,18H,2-3,6-7,9-10H2,1H3. The van der Waals surface area contributed by atoms with Gasteiger partial charge in [-0.05, 0) is 37.0 Å². The van der Waals surface area contributed by atoms with Gasteiger partial charge in [0.1, 0.15) is 5.82 Å². The largest absolute Gasteiger partial charge is 0.395 e. The molecule has 1 aliphatic rings. The summed E-state index contributed by atoms with van der Waals surface area (Å²) in [4.78, 5) is 13.4. The molecular formula is C15H20FNO3. The molecule has 1 saturated carbocycles. The summed E-state index contributed by atoms with van der Waals surface area (Å²) in [6, 6.07) is 4.27. The van der Waals surface area contributed by atoms with Gasteiger partial charge in [0.05, 0.1) is 13.2 Å². The number of carbonyl (C=O) groups is 1. The van der Waals surface area contributed by atoms with Gasteiger partial charge in [0.15, 0.2) is 0 Å². The minimum Gasteiger partial charge on any atom is -0.395 e. The molecule has 0 unspecified atom stereocenters. The molecule has 0 atom stereocenters. The van der Waals surface area contributed by atoms with Crippen molar-refractivity contribution in [1.29, 1.82) is 0 Å². The maximum absolute atomic E-state index is 13.7. The maximum atomic E-state index is 13.7. The second kappa shape index (κ2) is 6.81. The van der Waals surface area contributed by atoms with E-state index in [0.717, 1.165) is 0 Å². The summed E-state index contributed by atoms with van der Waals surface area (Å²) in [5.74, 6) is 0.0308. The predicted molar refractivity (Wildman–Crippen MR) is 72.8 cm³/mol. The van der Waals surface area contributed by atoms with Gasteiger partial charge in [0.2, 0.25) is 0 Å². The summed E-state index contributed by atoms with van der Waals surface area (Å²) >= 11 is 0. The summed E-state index contributed by atoms with van der Waals surface area (Å²) in [5.41, 5.74) is 0.807. The first kappa shape index (κ1) is 14.9. The van der Waals surface area contributed by atoms with E-state index in [1.165, 1.54) is 35.9 Å². The molecule has 0 spiro atoms. The number of hydrogen-bond donors (Lipinski definition) is 1. The van der Waals surface area contributed by atoms with E-state index >= 15 is 0 Å². The Morgan fingerprint density at radius 3 is 2.90 bits per heavy atom. The molecule has 110 valence electrons. The first-order valence-electron chi connectivity index (χ1n) is 6.84. The number of aliphatic hydroxyl groups excluding tert-OH is 1. The lowest BCUT2D eigenvalue weighted by Crippen LogP contribution is -2.29. The van der Waals surface area contributed by atoms with Crippen molar-refractivity contribution in [3.8, 4) is 0 Å². The number of likely N-dealkylation sites (N-methyl/N-ethyl adjacent to an activating group) is 1. The average molecular weight is 281 g/mol.